The third-order valence-electron chi connectivity index (χ3n) is 4.74. The summed E-state index contributed by atoms with van der Waals surface area (Å²) in [6.45, 7) is 1.32. The quantitative estimate of drug-likeness (QED) is 0.0802. The molecule has 18 heteroatoms. The molecule has 2 aromatic rings. The number of nitrogens with zero attached hydrogens (tertiary/aromatic N) is 2. The number of hydrogen-bond acceptors (Lipinski definition) is 7. The van der Waals surface area contributed by atoms with E-state index in [2.05, 4.69) is 15.0 Å². The Kier molecular flexibility index (Phi) is 12.3. The number of alkyl halides is 3. The van der Waals surface area contributed by atoms with Crippen molar-refractivity contribution >= 4 is 39.8 Å². The van der Waals surface area contributed by atoms with Crippen molar-refractivity contribution in [3.05, 3.63) is 58.3 Å². The fourth-order valence-electron chi connectivity index (χ4n) is 2.90. The SMILES string of the molecule is Cc1ccc(F)cc1S(=O)(=O)Nc1cccn(CC(=O)N[C@H](C=O)CCCN=C(N)N)c1=O.O=C(O)C(F)(F)F. The first-order valence-electron chi connectivity index (χ1n) is 11.1. The zero-order valence-corrected chi connectivity index (χ0v) is 21.6. The molecule has 40 heavy (non-hydrogen) atoms. The van der Waals surface area contributed by atoms with Gasteiger partial charge in [0.1, 0.15) is 24.3 Å². The predicted octanol–water partition coefficient (Wildman–Crippen LogP) is 0.467. The lowest BCUT2D eigenvalue weighted by molar-refractivity contribution is -0.192. The molecule has 0 fully saturated rings. The van der Waals surface area contributed by atoms with Gasteiger partial charge in [-0.15, -0.1) is 0 Å². The number of anilines is 1. The number of aliphatic carboxylic acids is 1. The average molecular weight is 595 g/mol. The highest BCUT2D eigenvalue weighted by molar-refractivity contribution is 7.92. The van der Waals surface area contributed by atoms with Crippen LogP contribution in [0.4, 0.5) is 23.2 Å². The Bertz CT molecular complexity index is 1410. The third kappa shape index (κ3) is 11.1. The molecule has 13 nitrogen and oxygen atoms in total. The highest BCUT2D eigenvalue weighted by atomic mass is 32.2. The number of aryl methyl sites for hydroxylation is 1. The minimum absolute atomic E-state index is 0.0795. The second kappa shape index (κ2) is 14.6. The third-order valence-corrected chi connectivity index (χ3v) is 6.25. The van der Waals surface area contributed by atoms with Crippen molar-refractivity contribution in [1.82, 2.24) is 9.88 Å². The first kappa shape index (κ1) is 33.5. The molecule has 1 atom stereocenters. The van der Waals surface area contributed by atoms with E-state index in [0.717, 1.165) is 16.7 Å². The molecule has 7 N–H and O–H groups in total. The minimum Gasteiger partial charge on any atom is -0.475 e. The van der Waals surface area contributed by atoms with Gasteiger partial charge in [-0.05, 0) is 49.6 Å². The molecule has 0 aliphatic rings. The lowest BCUT2D eigenvalue weighted by atomic mass is 10.2. The summed E-state index contributed by atoms with van der Waals surface area (Å²) in [7, 11) is -4.25. The number of pyridine rings is 1. The molecule has 0 aliphatic carbocycles. The number of carbonyl (C=O) groups is 3. The van der Waals surface area contributed by atoms with Crippen LogP contribution in [0.25, 0.3) is 0 Å². The molecule has 0 radical (unpaired) electrons. The number of nitrogens with one attached hydrogen (secondary N) is 2. The fraction of sp³-hybridized carbons (Fsp3) is 0.318. The van der Waals surface area contributed by atoms with Crippen LogP contribution in [0.5, 0.6) is 0 Å². The number of aldehydes is 1. The number of nitrogens with two attached hydrogens (primary N) is 2. The molecule has 0 bridgehead atoms. The maximum Gasteiger partial charge on any atom is 0.490 e. The van der Waals surface area contributed by atoms with Gasteiger partial charge in [0.15, 0.2) is 5.96 Å². The van der Waals surface area contributed by atoms with Gasteiger partial charge in [-0.3, -0.25) is 19.3 Å². The number of aromatic nitrogens is 1. The van der Waals surface area contributed by atoms with E-state index in [9.17, 15) is 40.4 Å². The van der Waals surface area contributed by atoms with Crippen LogP contribution in [-0.2, 0) is 31.0 Å². The largest absolute Gasteiger partial charge is 0.490 e. The molecule has 1 aromatic carbocycles. The van der Waals surface area contributed by atoms with Gasteiger partial charge in [0.05, 0.1) is 10.9 Å². The number of amides is 1. The van der Waals surface area contributed by atoms with Crippen molar-refractivity contribution in [2.24, 2.45) is 16.5 Å². The van der Waals surface area contributed by atoms with Gasteiger partial charge in [0.2, 0.25) is 5.91 Å². The summed E-state index contributed by atoms with van der Waals surface area (Å²) in [4.78, 5) is 48.5. The minimum atomic E-state index is -5.08. The van der Waals surface area contributed by atoms with Gasteiger partial charge < -0.3 is 31.3 Å². The van der Waals surface area contributed by atoms with Crippen LogP contribution < -0.4 is 27.1 Å². The van der Waals surface area contributed by atoms with E-state index in [4.69, 9.17) is 21.4 Å². The number of benzene rings is 1. The van der Waals surface area contributed by atoms with E-state index in [1.165, 1.54) is 31.3 Å². The van der Waals surface area contributed by atoms with Crippen LogP contribution in [0, 0.1) is 12.7 Å². The summed E-state index contributed by atoms with van der Waals surface area (Å²) in [5.41, 5.74) is 9.61. The van der Waals surface area contributed by atoms with Crippen LogP contribution >= 0.6 is 0 Å². The van der Waals surface area contributed by atoms with Gasteiger partial charge in [0, 0.05) is 12.7 Å². The Morgan fingerprint density at radius 2 is 1.85 bits per heavy atom. The Morgan fingerprint density at radius 3 is 2.40 bits per heavy atom. The molecule has 1 heterocycles. The maximum absolute atomic E-state index is 13.5. The summed E-state index contributed by atoms with van der Waals surface area (Å²) in [5, 5.41) is 9.60. The number of rotatable bonds is 11. The van der Waals surface area contributed by atoms with Crippen molar-refractivity contribution in [3.63, 3.8) is 0 Å². The lowest BCUT2D eigenvalue weighted by Gasteiger charge is -2.14. The first-order chi connectivity index (χ1) is 18.5. The number of aliphatic imine (C=N–C) groups is 1. The Morgan fingerprint density at radius 1 is 1.23 bits per heavy atom. The average Bonchev–Trinajstić information content (AvgIpc) is 2.84. The normalized spacial score (nSPS) is 11.8. The van der Waals surface area contributed by atoms with E-state index in [1.807, 2.05) is 0 Å². The lowest BCUT2D eigenvalue weighted by Crippen LogP contribution is -2.40. The number of sulfonamides is 1. The number of carbonyl (C=O) groups excluding carboxylic acids is 2. The monoisotopic (exact) mass is 594 g/mol. The van der Waals surface area contributed by atoms with Crippen molar-refractivity contribution in [1.29, 1.82) is 0 Å². The van der Waals surface area contributed by atoms with E-state index in [0.29, 0.717) is 18.3 Å². The fourth-order valence-corrected chi connectivity index (χ4v) is 4.22. The molecule has 0 unspecified atom stereocenters. The molecule has 2 rings (SSSR count). The number of carboxylic acid groups (broad SMARTS) is 1. The second-order valence-corrected chi connectivity index (χ2v) is 9.58. The number of carboxylic acids is 1. The molecule has 0 saturated heterocycles. The first-order valence-corrected chi connectivity index (χ1v) is 12.5. The van der Waals surface area contributed by atoms with E-state index >= 15 is 0 Å². The van der Waals surface area contributed by atoms with Gasteiger partial charge in [-0.25, -0.2) is 17.6 Å². The standard InChI is InChI=1S/C20H25FN6O5S.C2HF3O2/c1-13-6-7-14(21)10-17(13)33(31,32)26-16-5-3-9-27(19(16)30)11-18(29)25-15(12-28)4-2-8-24-20(22)23;3-2(4,5)1(6)7/h3,5-7,9-10,12,15,26H,2,4,8,11H2,1H3,(H,25,29)(H4,22,23,24);(H,6,7)/t15-;/m0./s1. The number of halogens is 4. The molecular formula is C22H26F4N6O7S. The Labute approximate surface area is 224 Å². The van der Waals surface area contributed by atoms with Gasteiger partial charge in [-0.2, -0.15) is 13.2 Å². The highest BCUT2D eigenvalue weighted by Crippen LogP contribution is 2.19. The van der Waals surface area contributed by atoms with E-state index in [-0.39, 0.29) is 29.5 Å². The Balaban J connectivity index is 0.00000101. The van der Waals surface area contributed by atoms with Crippen molar-refractivity contribution < 1.29 is 45.5 Å². The van der Waals surface area contributed by atoms with E-state index in [1.54, 1.807) is 0 Å². The highest BCUT2D eigenvalue weighted by Gasteiger charge is 2.38. The summed E-state index contributed by atoms with van der Waals surface area (Å²) >= 11 is 0. The summed E-state index contributed by atoms with van der Waals surface area (Å²) < 4.78 is 73.7. The molecule has 1 aromatic heterocycles. The van der Waals surface area contributed by atoms with E-state index < -0.39 is 52.0 Å². The zero-order valence-electron chi connectivity index (χ0n) is 20.8. The van der Waals surface area contributed by atoms with Gasteiger partial charge in [-0.1, -0.05) is 6.07 Å². The van der Waals surface area contributed by atoms with Crippen LogP contribution in [0.15, 0.2) is 51.2 Å². The number of hydrogen-bond donors (Lipinski definition) is 5. The molecular weight excluding hydrogens is 568 g/mol. The van der Waals surface area contributed by atoms with Crippen molar-refractivity contribution in [2.75, 3.05) is 11.3 Å². The maximum atomic E-state index is 13.5. The zero-order chi connectivity index (χ0) is 30.7. The van der Waals surface area contributed by atoms with Gasteiger partial charge >= 0.3 is 12.1 Å². The summed E-state index contributed by atoms with van der Waals surface area (Å²) in [6.07, 6.45) is -2.50. The van der Waals surface area contributed by atoms with Crippen LogP contribution in [-0.4, -0.2) is 61.0 Å². The molecule has 0 saturated carbocycles. The smallest absolute Gasteiger partial charge is 0.475 e. The van der Waals surface area contributed by atoms with Gasteiger partial charge in [0.25, 0.3) is 15.6 Å². The number of guanidine groups is 1. The van der Waals surface area contributed by atoms with Crippen molar-refractivity contribution in [2.45, 2.75) is 43.4 Å². The summed E-state index contributed by atoms with van der Waals surface area (Å²) in [6, 6.07) is 5.06. The molecule has 1 amide bonds. The topological polar surface area (TPSA) is 216 Å². The molecule has 0 spiro atoms. The van der Waals surface area contributed by atoms with Crippen molar-refractivity contribution in [3.8, 4) is 0 Å². The predicted molar refractivity (Wildman–Crippen MR) is 134 cm³/mol. The van der Waals surface area contributed by atoms with Crippen LogP contribution in [0.1, 0.15) is 18.4 Å². The van der Waals surface area contributed by atoms with Crippen LogP contribution in [0.2, 0.25) is 0 Å². The Hall–Kier alpha value is -4.48. The molecule has 0 aliphatic heterocycles. The van der Waals surface area contributed by atoms with Crippen LogP contribution in [0.3, 0.4) is 0 Å². The summed E-state index contributed by atoms with van der Waals surface area (Å²) in [5.74, 6) is -4.21. The molecule has 220 valence electrons. The second-order valence-electron chi connectivity index (χ2n) is 7.93.